The monoisotopic (exact) mass is 225 g/mol. The van der Waals surface area contributed by atoms with E-state index in [-0.39, 0.29) is 5.56 Å². The topological polar surface area (TPSA) is 50.7 Å². The molecule has 3 aromatic rings. The summed E-state index contributed by atoms with van der Waals surface area (Å²) in [5.74, 6) is 0. The molecule has 2 heterocycles. The van der Waals surface area contributed by atoms with Crippen LogP contribution in [0.3, 0.4) is 0 Å². The summed E-state index contributed by atoms with van der Waals surface area (Å²) in [6, 6.07) is 11.3. The van der Waals surface area contributed by atoms with Crippen molar-refractivity contribution in [2.24, 2.45) is 0 Å². The molecule has 0 bridgehead atoms. The molecule has 0 aliphatic carbocycles. The Bertz CT molecular complexity index is 722. The Kier molecular flexibility index (Phi) is 2.08. The fraction of sp³-hybridized carbons (Fsp3) is 0.0769. The summed E-state index contributed by atoms with van der Waals surface area (Å²) in [5.41, 5.74) is 2.59. The number of nitrogens with zero attached hydrogens (tertiary/aromatic N) is 2. The first-order valence-corrected chi connectivity index (χ1v) is 5.38. The van der Waals surface area contributed by atoms with Gasteiger partial charge in [-0.15, -0.1) is 0 Å². The Labute approximate surface area is 97.5 Å². The Hall–Kier alpha value is -2.36. The molecule has 0 aliphatic heterocycles. The van der Waals surface area contributed by atoms with Gasteiger partial charge < -0.3 is 0 Å². The number of fused-ring (bicyclic) bond motifs is 1. The standard InChI is InChI=1S/C13H11N3O/c1-9-6-7-10(8-14-9)16-12-5-3-2-4-11(12)13(17)15-16/h2-8H,1H3,(H,15,17). The number of benzene rings is 1. The first-order valence-electron chi connectivity index (χ1n) is 5.38. The van der Waals surface area contributed by atoms with Gasteiger partial charge in [0, 0.05) is 5.69 Å². The number of hydrogen-bond donors (Lipinski definition) is 1. The molecule has 0 fully saturated rings. The van der Waals surface area contributed by atoms with E-state index in [1.807, 2.05) is 43.3 Å². The first kappa shape index (κ1) is 9.84. The van der Waals surface area contributed by atoms with Crippen molar-refractivity contribution < 1.29 is 0 Å². The van der Waals surface area contributed by atoms with E-state index in [2.05, 4.69) is 10.1 Å². The highest BCUT2D eigenvalue weighted by Gasteiger charge is 2.06. The maximum Gasteiger partial charge on any atom is 0.272 e. The molecule has 4 heteroatoms. The highest BCUT2D eigenvalue weighted by molar-refractivity contribution is 5.79. The summed E-state index contributed by atoms with van der Waals surface area (Å²) in [4.78, 5) is 16.0. The predicted molar refractivity (Wildman–Crippen MR) is 66.4 cm³/mol. The maximum atomic E-state index is 11.7. The molecule has 0 atom stereocenters. The molecule has 0 saturated heterocycles. The van der Waals surface area contributed by atoms with Gasteiger partial charge in [-0.3, -0.25) is 19.6 Å². The van der Waals surface area contributed by atoms with Crippen molar-refractivity contribution in [2.75, 3.05) is 0 Å². The van der Waals surface area contributed by atoms with Crippen LogP contribution in [0.25, 0.3) is 16.6 Å². The summed E-state index contributed by atoms with van der Waals surface area (Å²) in [5, 5.41) is 3.50. The van der Waals surface area contributed by atoms with Crippen molar-refractivity contribution in [3.8, 4) is 5.69 Å². The maximum absolute atomic E-state index is 11.7. The van der Waals surface area contributed by atoms with Crippen molar-refractivity contribution in [3.05, 3.63) is 58.6 Å². The highest BCUT2D eigenvalue weighted by Crippen LogP contribution is 2.14. The second kappa shape index (κ2) is 3.59. The molecule has 84 valence electrons. The molecule has 0 amide bonds. The third kappa shape index (κ3) is 1.54. The third-order valence-electron chi connectivity index (χ3n) is 2.76. The SMILES string of the molecule is Cc1ccc(-n2[nH]c(=O)c3ccccc32)cn1. The highest BCUT2D eigenvalue weighted by atomic mass is 16.1. The second-order valence-corrected chi connectivity index (χ2v) is 3.95. The molecule has 0 unspecified atom stereocenters. The Morgan fingerprint density at radius 2 is 2.00 bits per heavy atom. The molecule has 1 N–H and O–H groups in total. The summed E-state index contributed by atoms with van der Waals surface area (Å²) in [7, 11) is 0. The van der Waals surface area contributed by atoms with Crippen LogP contribution in [0.2, 0.25) is 0 Å². The molecular formula is C13H11N3O. The molecule has 0 radical (unpaired) electrons. The second-order valence-electron chi connectivity index (χ2n) is 3.95. The molecule has 2 aromatic heterocycles. The average molecular weight is 225 g/mol. The van der Waals surface area contributed by atoms with Gasteiger partial charge in [0.2, 0.25) is 0 Å². The minimum absolute atomic E-state index is 0.0822. The fourth-order valence-electron chi connectivity index (χ4n) is 1.88. The number of hydrogen-bond acceptors (Lipinski definition) is 2. The van der Waals surface area contributed by atoms with Gasteiger partial charge in [0.1, 0.15) is 0 Å². The van der Waals surface area contributed by atoms with Crippen molar-refractivity contribution in [3.63, 3.8) is 0 Å². The van der Waals surface area contributed by atoms with Crippen molar-refractivity contribution in [1.82, 2.24) is 14.8 Å². The summed E-state index contributed by atoms with van der Waals surface area (Å²) in [6.07, 6.45) is 1.75. The lowest BCUT2D eigenvalue weighted by Crippen LogP contribution is -2.04. The number of nitrogens with one attached hydrogen (secondary N) is 1. The summed E-state index contributed by atoms with van der Waals surface area (Å²) >= 11 is 0. The van der Waals surface area contributed by atoms with E-state index in [9.17, 15) is 4.79 Å². The largest absolute Gasteiger partial charge is 0.272 e. The van der Waals surface area contributed by atoms with Gasteiger partial charge in [0.05, 0.1) is 22.8 Å². The summed E-state index contributed by atoms with van der Waals surface area (Å²) in [6.45, 7) is 1.93. The number of aromatic nitrogens is 3. The Morgan fingerprint density at radius 3 is 2.76 bits per heavy atom. The van der Waals surface area contributed by atoms with Crippen LogP contribution in [0.4, 0.5) is 0 Å². The zero-order chi connectivity index (χ0) is 11.8. The zero-order valence-electron chi connectivity index (χ0n) is 9.34. The molecule has 0 aliphatic rings. The van der Waals surface area contributed by atoms with Gasteiger partial charge in [-0.1, -0.05) is 12.1 Å². The van der Waals surface area contributed by atoms with Crippen molar-refractivity contribution in [1.29, 1.82) is 0 Å². The first-order chi connectivity index (χ1) is 8.25. The molecule has 1 aromatic carbocycles. The predicted octanol–water partition coefficient (Wildman–Crippen LogP) is 2.02. The molecular weight excluding hydrogens is 214 g/mol. The molecule has 17 heavy (non-hydrogen) atoms. The zero-order valence-corrected chi connectivity index (χ0v) is 9.34. The third-order valence-corrected chi connectivity index (χ3v) is 2.76. The molecule has 4 nitrogen and oxygen atoms in total. The lowest BCUT2D eigenvalue weighted by atomic mass is 10.2. The van der Waals surface area contributed by atoms with E-state index in [4.69, 9.17) is 0 Å². The van der Waals surface area contributed by atoms with Crippen LogP contribution in [0.15, 0.2) is 47.4 Å². The van der Waals surface area contributed by atoms with Gasteiger partial charge in [-0.25, -0.2) is 0 Å². The Morgan fingerprint density at radius 1 is 1.18 bits per heavy atom. The van der Waals surface area contributed by atoms with E-state index in [0.717, 1.165) is 16.9 Å². The normalized spacial score (nSPS) is 10.9. The van der Waals surface area contributed by atoms with E-state index >= 15 is 0 Å². The van der Waals surface area contributed by atoms with Crippen molar-refractivity contribution >= 4 is 10.9 Å². The van der Waals surface area contributed by atoms with E-state index in [0.29, 0.717) is 5.39 Å². The van der Waals surface area contributed by atoms with Gasteiger partial charge in [-0.05, 0) is 31.2 Å². The number of aryl methyl sites for hydroxylation is 1. The Balaban J connectivity index is 2.31. The smallest absolute Gasteiger partial charge is 0.267 e. The summed E-state index contributed by atoms with van der Waals surface area (Å²) < 4.78 is 1.75. The molecule has 0 saturated carbocycles. The van der Waals surface area contributed by atoms with E-state index < -0.39 is 0 Å². The average Bonchev–Trinajstić information content (AvgIpc) is 2.69. The fourth-order valence-corrected chi connectivity index (χ4v) is 1.88. The number of pyridine rings is 1. The van der Waals surface area contributed by atoms with Crippen LogP contribution >= 0.6 is 0 Å². The quantitative estimate of drug-likeness (QED) is 0.688. The van der Waals surface area contributed by atoms with Crippen LogP contribution in [0.5, 0.6) is 0 Å². The van der Waals surface area contributed by atoms with Gasteiger partial charge in [0.15, 0.2) is 0 Å². The van der Waals surface area contributed by atoms with Crippen molar-refractivity contribution in [2.45, 2.75) is 6.92 Å². The van der Waals surface area contributed by atoms with Crippen LogP contribution in [-0.2, 0) is 0 Å². The van der Waals surface area contributed by atoms with E-state index in [1.165, 1.54) is 0 Å². The van der Waals surface area contributed by atoms with Gasteiger partial charge in [0.25, 0.3) is 5.56 Å². The lowest BCUT2D eigenvalue weighted by molar-refractivity contribution is 0.882. The molecule has 0 spiro atoms. The number of para-hydroxylation sites is 1. The minimum atomic E-state index is -0.0822. The van der Waals surface area contributed by atoms with E-state index in [1.54, 1.807) is 10.9 Å². The van der Waals surface area contributed by atoms with Crippen LogP contribution in [0.1, 0.15) is 5.69 Å². The number of aromatic amines is 1. The van der Waals surface area contributed by atoms with Gasteiger partial charge in [-0.2, -0.15) is 0 Å². The molecule has 3 rings (SSSR count). The van der Waals surface area contributed by atoms with Crippen LogP contribution in [-0.4, -0.2) is 14.8 Å². The lowest BCUT2D eigenvalue weighted by Gasteiger charge is -2.03. The van der Waals surface area contributed by atoms with Crippen LogP contribution in [0, 0.1) is 6.92 Å². The number of rotatable bonds is 1. The minimum Gasteiger partial charge on any atom is -0.267 e. The van der Waals surface area contributed by atoms with Crippen LogP contribution < -0.4 is 5.56 Å². The number of H-pyrrole nitrogens is 1. The van der Waals surface area contributed by atoms with Gasteiger partial charge >= 0.3 is 0 Å².